The van der Waals surface area contributed by atoms with E-state index in [-0.39, 0.29) is 5.91 Å². The van der Waals surface area contributed by atoms with Crippen molar-refractivity contribution in [1.82, 2.24) is 20.2 Å². The van der Waals surface area contributed by atoms with E-state index in [9.17, 15) is 4.79 Å². The first-order chi connectivity index (χ1) is 9.78. The summed E-state index contributed by atoms with van der Waals surface area (Å²) < 4.78 is 0. The van der Waals surface area contributed by atoms with Gasteiger partial charge in [0.25, 0.3) is 5.91 Å². The number of aryl methyl sites for hydroxylation is 1. The van der Waals surface area contributed by atoms with Crippen LogP contribution in [0.3, 0.4) is 0 Å². The van der Waals surface area contributed by atoms with E-state index >= 15 is 0 Å². The molecule has 0 fully saturated rings. The van der Waals surface area contributed by atoms with E-state index in [0.717, 1.165) is 12.1 Å². The molecular weight excluding hydrogens is 254 g/mol. The summed E-state index contributed by atoms with van der Waals surface area (Å²) in [5.41, 5.74) is 2.73. The first-order valence-corrected chi connectivity index (χ1v) is 6.33. The Morgan fingerprint density at radius 1 is 1.30 bits per heavy atom. The second-order valence-electron chi connectivity index (χ2n) is 4.32. The first kappa shape index (κ1) is 12.3. The number of nitrogens with zero attached hydrogens (tertiary/aromatic N) is 3. The molecule has 20 heavy (non-hydrogen) atoms. The number of carbonyl (C=O) groups is 1. The third-order valence-corrected chi connectivity index (χ3v) is 3.00. The molecule has 0 radical (unpaired) electrons. The summed E-state index contributed by atoms with van der Waals surface area (Å²) in [4.78, 5) is 20.7. The predicted molar refractivity (Wildman–Crippen MR) is 75.5 cm³/mol. The first-order valence-electron chi connectivity index (χ1n) is 6.33. The van der Waals surface area contributed by atoms with Gasteiger partial charge in [-0.15, -0.1) is 0 Å². The number of nitrogens with one attached hydrogen (secondary N) is 2. The minimum atomic E-state index is -0.245. The second-order valence-corrected chi connectivity index (χ2v) is 4.32. The minimum Gasteiger partial charge on any atom is -0.305 e. The topological polar surface area (TPSA) is 83.6 Å². The fourth-order valence-corrected chi connectivity index (χ4v) is 1.97. The van der Waals surface area contributed by atoms with Gasteiger partial charge in [-0.1, -0.05) is 13.0 Å². The number of benzene rings is 1. The van der Waals surface area contributed by atoms with Crippen molar-refractivity contribution < 1.29 is 4.79 Å². The van der Waals surface area contributed by atoms with E-state index in [0.29, 0.717) is 22.4 Å². The molecule has 1 aromatic carbocycles. The summed E-state index contributed by atoms with van der Waals surface area (Å²) in [6, 6.07) is 7.14. The quantitative estimate of drug-likeness (QED) is 0.761. The van der Waals surface area contributed by atoms with Crippen molar-refractivity contribution in [1.29, 1.82) is 0 Å². The number of aromatic amines is 1. The highest BCUT2D eigenvalue weighted by molar-refractivity contribution is 6.10. The van der Waals surface area contributed by atoms with Gasteiger partial charge in [-0.05, 0) is 18.6 Å². The van der Waals surface area contributed by atoms with Gasteiger partial charge in [0, 0.05) is 24.2 Å². The zero-order valence-electron chi connectivity index (χ0n) is 10.9. The molecule has 0 bridgehead atoms. The van der Waals surface area contributed by atoms with E-state index in [1.165, 1.54) is 0 Å². The Balaban J connectivity index is 1.92. The average Bonchev–Trinajstić information content (AvgIpc) is 2.94. The molecule has 0 atom stereocenters. The largest absolute Gasteiger partial charge is 0.305 e. The highest BCUT2D eigenvalue weighted by Crippen LogP contribution is 2.15. The standard InChI is InChI=1S/C14H13N5O/c1-2-9-8-12(19-18-9)17-14(20)10-4-3-5-11-13(10)16-7-6-15-11/h3-8H,2H2,1H3,(H2,17,18,19,20). The lowest BCUT2D eigenvalue weighted by atomic mass is 10.1. The third-order valence-electron chi connectivity index (χ3n) is 3.00. The molecule has 0 aliphatic heterocycles. The number of aromatic nitrogens is 4. The van der Waals surface area contributed by atoms with Crippen molar-refractivity contribution in [2.24, 2.45) is 0 Å². The summed E-state index contributed by atoms with van der Waals surface area (Å²) >= 11 is 0. The molecule has 0 spiro atoms. The Morgan fingerprint density at radius 2 is 2.15 bits per heavy atom. The van der Waals surface area contributed by atoms with Gasteiger partial charge in [0.2, 0.25) is 0 Å². The van der Waals surface area contributed by atoms with Gasteiger partial charge in [0.1, 0.15) is 5.52 Å². The van der Waals surface area contributed by atoms with E-state index in [1.54, 1.807) is 24.5 Å². The van der Waals surface area contributed by atoms with Crippen molar-refractivity contribution >= 4 is 22.8 Å². The molecule has 2 aromatic heterocycles. The zero-order valence-corrected chi connectivity index (χ0v) is 10.9. The molecule has 100 valence electrons. The number of para-hydroxylation sites is 1. The predicted octanol–water partition coefficient (Wildman–Crippen LogP) is 2.17. The molecule has 3 rings (SSSR count). The van der Waals surface area contributed by atoms with Crippen LogP contribution in [0.15, 0.2) is 36.7 Å². The molecule has 0 saturated carbocycles. The second kappa shape index (κ2) is 5.08. The molecule has 2 N–H and O–H groups in total. The van der Waals surface area contributed by atoms with Crippen LogP contribution in [0.5, 0.6) is 0 Å². The number of anilines is 1. The van der Waals surface area contributed by atoms with Gasteiger partial charge in [-0.25, -0.2) is 0 Å². The van der Waals surface area contributed by atoms with Crippen molar-refractivity contribution in [2.45, 2.75) is 13.3 Å². The van der Waals surface area contributed by atoms with Crippen molar-refractivity contribution in [3.8, 4) is 0 Å². The third kappa shape index (κ3) is 2.23. The molecule has 0 saturated heterocycles. The van der Waals surface area contributed by atoms with Crippen LogP contribution in [0, 0.1) is 0 Å². The van der Waals surface area contributed by atoms with Gasteiger partial charge >= 0.3 is 0 Å². The van der Waals surface area contributed by atoms with Gasteiger partial charge in [-0.2, -0.15) is 5.10 Å². The molecular formula is C14H13N5O. The van der Waals surface area contributed by atoms with Crippen molar-refractivity contribution in [3.05, 3.63) is 47.9 Å². The highest BCUT2D eigenvalue weighted by Gasteiger charge is 2.12. The van der Waals surface area contributed by atoms with Crippen LogP contribution >= 0.6 is 0 Å². The summed E-state index contributed by atoms with van der Waals surface area (Å²) in [5, 5.41) is 9.65. The lowest BCUT2D eigenvalue weighted by Gasteiger charge is -2.04. The Bertz CT molecular complexity index is 760. The number of H-pyrrole nitrogens is 1. The van der Waals surface area contributed by atoms with Gasteiger partial charge in [0.05, 0.1) is 11.1 Å². The van der Waals surface area contributed by atoms with Gasteiger partial charge in [0.15, 0.2) is 5.82 Å². The molecule has 6 heteroatoms. The number of amides is 1. The van der Waals surface area contributed by atoms with Gasteiger partial charge in [-0.3, -0.25) is 19.9 Å². The zero-order chi connectivity index (χ0) is 13.9. The molecule has 0 aliphatic rings. The van der Waals surface area contributed by atoms with E-state index in [2.05, 4.69) is 25.5 Å². The fraction of sp³-hybridized carbons (Fsp3) is 0.143. The van der Waals surface area contributed by atoms with Crippen molar-refractivity contribution in [2.75, 3.05) is 5.32 Å². The van der Waals surface area contributed by atoms with E-state index < -0.39 is 0 Å². The molecule has 6 nitrogen and oxygen atoms in total. The molecule has 1 amide bonds. The van der Waals surface area contributed by atoms with E-state index in [4.69, 9.17) is 0 Å². The molecule has 3 aromatic rings. The Labute approximate surface area is 115 Å². The number of carbonyl (C=O) groups excluding carboxylic acids is 1. The Morgan fingerprint density at radius 3 is 2.95 bits per heavy atom. The maximum Gasteiger partial charge on any atom is 0.259 e. The molecule has 0 unspecified atom stereocenters. The van der Waals surface area contributed by atoms with Crippen LogP contribution in [0.1, 0.15) is 23.0 Å². The van der Waals surface area contributed by atoms with Crippen LogP contribution in [0.2, 0.25) is 0 Å². The van der Waals surface area contributed by atoms with Crippen LogP contribution in [0.25, 0.3) is 11.0 Å². The SMILES string of the molecule is CCc1cc(NC(=O)c2cccc3nccnc23)n[nH]1. The fourth-order valence-electron chi connectivity index (χ4n) is 1.97. The van der Waals surface area contributed by atoms with Crippen LogP contribution in [-0.4, -0.2) is 26.1 Å². The number of fused-ring (bicyclic) bond motifs is 1. The lowest BCUT2D eigenvalue weighted by molar-refractivity contribution is 0.102. The maximum atomic E-state index is 12.3. The average molecular weight is 267 g/mol. The smallest absolute Gasteiger partial charge is 0.259 e. The number of hydrogen-bond acceptors (Lipinski definition) is 4. The molecule has 0 aliphatic carbocycles. The summed E-state index contributed by atoms with van der Waals surface area (Å²) in [5.74, 6) is 0.262. The summed E-state index contributed by atoms with van der Waals surface area (Å²) in [6.07, 6.45) is 4.01. The Kier molecular flexibility index (Phi) is 3.12. The Hall–Kier alpha value is -2.76. The van der Waals surface area contributed by atoms with E-state index in [1.807, 2.05) is 19.1 Å². The van der Waals surface area contributed by atoms with Crippen LogP contribution < -0.4 is 5.32 Å². The summed E-state index contributed by atoms with van der Waals surface area (Å²) in [6.45, 7) is 2.01. The van der Waals surface area contributed by atoms with Crippen LogP contribution in [-0.2, 0) is 6.42 Å². The number of rotatable bonds is 3. The maximum absolute atomic E-state index is 12.3. The lowest BCUT2D eigenvalue weighted by Crippen LogP contribution is -2.13. The normalized spacial score (nSPS) is 10.7. The highest BCUT2D eigenvalue weighted by atomic mass is 16.1. The monoisotopic (exact) mass is 267 g/mol. The minimum absolute atomic E-state index is 0.245. The van der Waals surface area contributed by atoms with Crippen molar-refractivity contribution in [3.63, 3.8) is 0 Å². The number of hydrogen-bond donors (Lipinski definition) is 2. The van der Waals surface area contributed by atoms with Crippen LogP contribution in [0.4, 0.5) is 5.82 Å². The van der Waals surface area contributed by atoms with Gasteiger partial charge < -0.3 is 5.32 Å². The summed E-state index contributed by atoms with van der Waals surface area (Å²) in [7, 11) is 0. The molecule has 2 heterocycles.